The molecule has 0 aliphatic carbocycles. The van der Waals surface area contributed by atoms with Crippen LogP contribution in [0.2, 0.25) is 0 Å². The minimum Gasteiger partial charge on any atom is -0.493 e. The number of carbonyl (C=O) groups is 2. The van der Waals surface area contributed by atoms with E-state index in [4.69, 9.17) is 14.2 Å². The Hall–Kier alpha value is -3.84. The van der Waals surface area contributed by atoms with Gasteiger partial charge in [-0.3, -0.25) is 9.59 Å². The van der Waals surface area contributed by atoms with Crippen molar-refractivity contribution >= 4 is 17.5 Å². The Kier molecular flexibility index (Phi) is 7.44. The van der Waals surface area contributed by atoms with Crippen LogP contribution in [-0.2, 0) is 22.4 Å². The normalized spacial score (nSPS) is 14.6. The molecule has 0 saturated heterocycles. The van der Waals surface area contributed by atoms with E-state index in [1.807, 2.05) is 42.5 Å². The number of carbonyl (C=O) groups excluding carboxylic acids is 2. The standard InChI is InChI=1S/C27H28N2O5/c1-32-23-12-7-18(17-24(23)33-2)13-15-28-26(30)20-8-10-21(11-9-20)29-27(31)25-22-6-4-3-5-19(22)14-16-34-25/h3-12,17,25H,13-16H2,1-2H3,(H,28,30)(H,29,31)/t25-/m0/s1. The van der Waals surface area contributed by atoms with Crippen molar-refractivity contribution in [2.45, 2.75) is 18.9 Å². The Bertz CT molecular complexity index is 1160. The van der Waals surface area contributed by atoms with E-state index in [1.54, 1.807) is 38.5 Å². The maximum absolute atomic E-state index is 12.8. The highest BCUT2D eigenvalue weighted by molar-refractivity contribution is 5.97. The lowest BCUT2D eigenvalue weighted by Crippen LogP contribution is -2.28. The number of hydrogen-bond acceptors (Lipinski definition) is 5. The molecule has 0 radical (unpaired) electrons. The van der Waals surface area contributed by atoms with Crippen LogP contribution < -0.4 is 20.1 Å². The number of rotatable bonds is 8. The van der Waals surface area contributed by atoms with Crippen molar-refractivity contribution in [3.63, 3.8) is 0 Å². The first-order valence-electron chi connectivity index (χ1n) is 11.2. The molecule has 176 valence electrons. The second-order valence-electron chi connectivity index (χ2n) is 7.96. The lowest BCUT2D eigenvalue weighted by molar-refractivity contribution is -0.128. The highest BCUT2D eigenvalue weighted by Crippen LogP contribution is 2.29. The van der Waals surface area contributed by atoms with Crippen molar-refractivity contribution in [2.75, 3.05) is 32.7 Å². The van der Waals surface area contributed by atoms with E-state index >= 15 is 0 Å². The van der Waals surface area contributed by atoms with Crippen LogP contribution in [0.5, 0.6) is 11.5 Å². The molecule has 0 fully saturated rings. The van der Waals surface area contributed by atoms with Crippen LogP contribution in [0.15, 0.2) is 66.7 Å². The summed E-state index contributed by atoms with van der Waals surface area (Å²) in [5.41, 5.74) is 4.19. The van der Waals surface area contributed by atoms with Crippen molar-refractivity contribution in [1.82, 2.24) is 5.32 Å². The third kappa shape index (κ3) is 5.38. The molecule has 0 unspecified atom stereocenters. The first-order valence-corrected chi connectivity index (χ1v) is 11.2. The van der Waals surface area contributed by atoms with Gasteiger partial charge in [-0.25, -0.2) is 0 Å². The smallest absolute Gasteiger partial charge is 0.258 e. The molecule has 7 nitrogen and oxygen atoms in total. The summed E-state index contributed by atoms with van der Waals surface area (Å²) >= 11 is 0. The summed E-state index contributed by atoms with van der Waals surface area (Å²) in [6, 6.07) is 20.3. The molecule has 1 aliphatic heterocycles. The van der Waals surface area contributed by atoms with Gasteiger partial charge in [0, 0.05) is 17.8 Å². The molecule has 2 N–H and O–H groups in total. The van der Waals surface area contributed by atoms with Crippen LogP contribution >= 0.6 is 0 Å². The van der Waals surface area contributed by atoms with Crippen molar-refractivity contribution in [2.24, 2.45) is 0 Å². The molecule has 4 rings (SSSR count). The summed E-state index contributed by atoms with van der Waals surface area (Å²) in [5, 5.41) is 5.80. The van der Waals surface area contributed by atoms with Crippen molar-refractivity contribution in [1.29, 1.82) is 0 Å². The monoisotopic (exact) mass is 460 g/mol. The summed E-state index contributed by atoms with van der Waals surface area (Å²) in [6.07, 6.45) is 0.822. The van der Waals surface area contributed by atoms with Crippen LogP contribution in [0, 0.1) is 0 Å². The second-order valence-corrected chi connectivity index (χ2v) is 7.96. The highest BCUT2D eigenvalue weighted by Gasteiger charge is 2.27. The van der Waals surface area contributed by atoms with Gasteiger partial charge < -0.3 is 24.8 Å². The molecular weight excluding hydrogens is 432 g/mol. The summed E-state index contributed by atoms with van der Waals surface area (Å²) < 4.78 is 16.3. The third-order valence-corrected chi connectivity index (χ3v) is 5.79. The highest BCUT2D eigenvalue weighted by atomic mass is 16.5. The first-order chi connectivity index (χ1) is 16.6. The Balaban J connectivity index is 1.30. The van der Waals surface area contributed by atoms with E-state index in [0.29, 0.717) is 42.3 Å². The zero-order chi connectivity index (χ0) is 23.9. The molecule has 34 heavy (non-hydrogen) atoms. The lowest BCUT2D eigenvalue weighted by atomic mass is 9.97. The Labute approximate surface area is 199 Å². The Morgan fingerprint density at radius 1 is 0.971 bits per heavy atom. The van der Waals surface area contributed by atoms with Crippen molar-refractivity contribution < 1.29 is 23.8 Å². The number of benzene rings is 3. The zero-order valence-corrected chi connectivity index (χ0v) is 19.3. The Morgan fingerprint density at radius 2 is 1.74 bits per heavy atom. The molecule has 0 spiro atoms. The van der Waals surface area contributed by atoms with Gasteiger partial charge in [0.1, 0.15) is 0 Å². The predicted molar refractivity (Wildman–Crippen MR) is 129 cm³/mol. The fourth-order valence-electron chi connectivity index (χ4n) is 3.98. The van der Waals surface area contributed by atoms with Crippen LogP contribution in [0.25, 0.3) is 0 Å². The van der Waals surface area contributed by atoms with Gasteiger partial charge in [0.25, 0.3) is 11.8 Å². The number of nitrogens with one attached hydrogen (secondary N) is 2. The number of amides is 2. The van der Waals surface area contributed by atoms with Gasteiger partial charge in [0.05, 0.1) is 20.8 Å². The van der Waals surface area contributed by atoms with Gasteiger partial charge in [0.2, 0.25) is 0 Å². The molecule has 2 amide bonds. The number of methoxy groups -OCH3 is 2. The van der Waals surface area contributed by atoms with Crippen LogP contribution in [0.4, 0.5) is 5.69 Å². The summed E-state index contributed by atoms with van der Waals surface area (Å²) in [6.45, 7) is 0.989. The first kappa shape index (κ1) is 23.3. The van der Waals surface area contributed by atoms with E-state index in [2.05, 4.69) is 10.6 Å². The molecule has 0 aromatic heterocycles. The van der Waals surface area contributed by atoms with E-state index in [0.717, 1.165) is 23.1 Å². The van der Waals surface area contributed by atoms with Crippen LogP contribution in [0.3, 0.4) is 0 Å². The summed E-state index contributed by atoms with van der Waals surface area (Å²) in [5.74, 6) is 0.926. The van der Waals surface area contributed by atoms with Crippen LogP contribution in [-0.4, -0.2) is 39.2 Å². The minimum absolute atomic E-state index is 0.178. The Morgan fingerprint density at radius 3 is 2.50 bits per heavy atom. The predicted octanol–water partition coefficient (Wildman–Crippen LogP) is 3.93. The number of ether oxygens (including phenoxy) is 3. The van der Waals surface area contributed by atoms with Crippen LogP contribution in [0.1, 0.15) is 33.2 Å². The molecule has 0 saturated carbocycles. The largest absolute Gasteiger partial charge is 0.493 e. The SMILES string of the molecule is COc1ccc(CCNC(=O)c2ccc(NC(=O)[C@H]3OCCc4ccccc43)cc2)cc1OC. The van der Waals surface area contributed by atoms with E-state index < -0.39 is 6.10 Å². The summed E-state index contributed by atoms with van der Waals surface area (Å²) in [4.78, 5) is 25.3. The van der Waals surface area contributed by atoms with Crippen molar-refractivity contribution in [3.05, 3.63) is 89.0 Å². The van der Waals surface area contributed by atoms with Gasteiger partial charge in [-0.2, -0.15) is 0 Å². The van der Waals surface area contributed by atoms with Gasteiger partial charge in [-0.15, -0.1) is 0 Å². The fourth-order valence-corrected chi connectivity index (χ4v) is 3.98. The molecule has 0 bridgehead atoms. The lowest BCUT2D eigenvalue weighted by Gasteiger charge is -2.25. The third-order valence-electron chi connectivity index (χ3n) is 5.79. The maximum atomic E-state index is 12.8. The van der Waals surface area contributed by atoms with Gasteiger partial charge in [-0.1, -0.05) is 30.3 Å². The molecular formula is C27H28N2O5. The van der Waals surface area contributed by atoms with Gasteiger partial charge in [0.15, 0.2) is 17.6 Å². The number of fused-ring (bicyclic) bond motifs is 1. The fraction of sp³-hybridized carbons (Fsp3) is 0.259. The van der Waals surface area contributed by atoms with Crippen molar-refractivity contribution in [3.8, 4) is 11.5 Å². The molecule has 1 atom stereocenters. The van der Waals surface area contributed by atoms with E-state index in [1.165, 1.54) is 0 Å². The zero-order valence-electron chi connectivity index (χ0n) is 19.3. The molecule has 1 aliphatic rings. The average Bonchev–Trinajstić information content (AvgIpc) is 2.88. The van der Waals surface area contributed by atoms with Gasteiger partial charge >= 0.3 is 0 Å². The second kappa shape index (κ2) is 10.9. The molecule has 1 heterocycles. The molecule has 3 aromatic carbocycles. The number of anilines is 1. The van der Waals surface area contributed by atoms with E-state index in [-0.39, 0.29) is 11.8 Å². The summed E-state index contributed by atoms with van der Waals surface area (Å²) in [7, 11) is 3.19. The minimum atomic E-state index is -0.635. The topological polar surface area (TPSA) is 85.9 Å². The van der Waals surface area contributed by atoms with E-state index in [9.17, 15) is 9.59 Å². The average molecular weight is 461 g/mol. The quantitative estimate of drug-likeness (QED) is 0.532. The number of hydrogen-bond donors (Lipinski definition) is 2. The molecule has 7 heteroatoms. The maximum Gasteiger partial charge on any atom is 0.258 e. The molecule has 3 aromatic rings. The van der Waals surface area contributed by atoms with Gasteiger partial charge in [-0.05, 0) is 65.9 Å².